The molecule has 0 saturated carbocycles. The first-order valence-corrected chi connectivity index (χ1v) is 2.62. The molecule has 2 nitrogen and oxygen atoms in total. The van der Waals surface area contributed by atoms with Crippen LogP contribution in [-0.2, 0) is 0 Å². The van der Waals surface area contributed by atoms with Crippen LogP contribution in [0.25, 0.3) is 0 Å². The summed E-state index contributed by atoms with van der Waals surface area (Å²) in [5, 5.41) is 0. The highest BCUT2D eigenvalue weighted by Gasteiger charge is 1.88. The molecule has 1 aromatic heterocycles. The van der Waals surface area contributed by atoms with E-state index in [1.807, 2.05) is 6.92 Å². The number of hydrogen-bond donors (Lipinski definition) is 0. The Morgan fingerprint density at radius 3 is 3.00 bits per heavy atom. The molecular formula is C7H6NO. The fourth-order valence-corrected chi connectivity index (χ4v) is 0.593. The van der Waals surface area contributed by atoms with Gasteiger partial charge in [0, 0.05) is 11.8 Å². The summed E-state index contributed by atoms with van der Waals surface area (Å²) in [6.45, 7) is 1.85. The molecule has 0 aliphatic rings. The highest BCUT2D eigenvalue weighted by Crippen LogP contribution is 1.95. The summed E-state index contributed by atoms with van der Waals surface area (Å²) in [5.74, 6) is 0. The zero-order chi connectivity index (χ0) is 6.69. The third kappa shape index (κ3) is 1.35. The second-order valence-corrected chi connectivity index (χ2v) is 1.82. The van der Waals surface area contributed by atoms with Crippen molar-refractivity contribution in [2.75, 3.05) is 0 Å². The molecule has 0 N–H and O–H groups in total. The Bertz CT molecular complexity index is 220. The maximum absolute atomic E-state index is 10.1. The molecule has 45 valence electrons. The smallest absolute Gasteiger partial charge is 0.151 e. The summed E-state index contributed by atoms with van der Waals surface area (Å²) in [6.07, 6.45) is 4.95. The highest BCUT2D eigenvalue weighted by molar-refractivity contribution is 5.74. The van der Waals surface area contributed by atoms with E-state index in [1.54, 1.807) is 6.07 Å². The lowest BCUT2D eigenvalue weighted by Gasteiger charge is -1.88. The van der Waals surface area contributed by atoms with Gasteiger partial charge in [0.25, 0.3) is 0 Å². The average Bonchev–Trinajstić information content (AvgIpc) is 1.88. The number of rotatable bonds is 1. The summed E-state index contributed by atoms with van der Waals surface area (Å²) in [5.41, 5.74) is 1.49. The molecular weight excluding hydrogens is 114 g/mol. The van der Waals surface area contributed by atoms with Crippen LogP contribution in [0.3, 0.4) is 0 Å². The number of aromatic nitrogens is 1. The molecule has 1 aromatic rings. The van der Waals surface area contributed by atoms with Crippen LogP contribution in [0.4, 0.5) is 0 Å². The van der Waals surface area contributed by atoms with Crippen molar-refractivity contribution in [3.05, 3.63) is 29.6 Å². The lowest BCUT2D eigenvalue weighted by atomic mass is 10.2. The van der Waals surface area contributed by atoms with E-state index >= 15 is 0 Å². The first-order valence-electron chi connectivity index (χ1n) is 2.62. The predicted molar refractivity (Wildman–Crippen MR) is 33.2 cm³/mol. The SMILES string of the molecule is Cc1[c]ncc(C=O)c1. The molecule has 9 heavy (non-hydrogen) atoms. The van der Waals surface area contributed by atoms with Crippen LogP contribution in [0.1, 0.15) is 15.9 Å². The van der Waals surface area contributed by atoms with Crippen molar-refractivity contribution in [3.63, 3.8) is 0 Å². The van der Waals surface area contributed by atoms with Gasteiger partial charge in [-0.2, -0.15) is 0 Å². The first-order chi connectivity index (χ1) is 4.33. The molecule has 0 aliphatic carbocycles. The monoisotopic (exact) mass is 120 g/mol. The first kappa shape index (κ1) is 5.95. The van der Waals surface area contributed by atoms with Crippen LogP contribution in [0, 0.1) is 13.1 Å². The summed E-state index contributed by atoms with van der Waals surface area (Å²) >= 11 is 0. The Labute approximate surface area is 53.5 Å². The molecule has 0 spiro atoms. The van der Waals surface area contributed by atoms with E-state index in [1.165, 1.54) is 6.20 Å². The number of carbonyl (C=O) groups excluding carboxylic acids is 1. The fourth-order valence-electron chi connectivity index (χ4n) is 0.593. The van der Waals surface area contributed by atoms with Crippen LogP contribution in [0.2, 0.25) is 0 Å². The second kappa shape index (κ2) is 2.40. The number of pyridine rings is 1. The zero-order valence-corrected chi connectivity index (χ0v) is 5.09. The molecule has 0 bridgehead atoms. The van der Waals surface area contributed by atoms with E-state index in [2.05, 4.69) is 11.2 Å². The number of hydrogen-bond acceptors (Lipinski definition) is 2. The topological polar surface area (TPSA) is 30.0 Å². The van der Waals surface area contributed by atoms with Crippen molar-refractivity contribution in [3.8, 4) is 0 Å². The minimum Gasteiger partial charge on any atom is -0.298 e. The lowest BCUT2D eigenvalue weighted by molar-refractivity contribution is 0.112. The van der Waals surface area contributed by atoms with Crippen molar-refractivity contribution < 1.29 is 4.79 Å². The van der Waals surface area contributed by atoms with E-state index in [0.717, 1.165) is 11.8 Å². The Kier molecular flexibility index (Phi) is 1.58. The molecule has 1 rings (SSSR count). The Balaban J connectivity index is 3.07. The molecule has 0 fully saturated rings. The number of carbonyl (C=O) groups is 1. The van der Waals surface area contributed by atoms with Gasteiger partial charge in [0.05, 0.1) is 6.20 Å². The molecule has 2 heteroatoms. The van der Waals surface area contributed by atoms with Crippen LogP contribution in [0.5, 0.6) is 0 Å². The molecule has 1 radical (unpaired) electrons. The maximum atomic E-state index is 10.1. The Hall–Kier alpha value is -1.18. The highest BCUT2D eigenvalue weighted by atomic mass is 16.1. The van der Waals surface area contributed by atoms with Gasteiger partial charge in [-0.05, 0) is 18.6 Å². The van der Waals surface area contributed by atoms with Crippen LogP contribution in [0.15, 0.2) is 12.3 Å². The molecule has 0 aliphatic heterocycles. The quantitative estimate of drug-likeness (QED) is 0.517. The molecule has 1 heterocycles. The van der Waals surface area contributed by atoms with E-state index < -0.39 is 0 Å². The summed E-state index contributed by atoms with van der Waals surface area (Å²) in [6, 6.07) is 1.74. The van der Waals surface area contributed by atoms with E-state index in [-0.39, 0.29) is 0 Å². The van der Waals surface area contributed by atoms with Crippen LogP contribution < -0.4 is 0 Å². The number of aryl methyl sites for hydroxylation is 1. The maximum Gasteiger partial charge on any atom is 0.151 e. The van der Waals surface area contributed by atoms with E-state index in [4.69, 9.17) is 0 Å². The fraction of sp³-hybridized carbons (Fsp3) is 0.143. The minimum atomic E-state index is 0.603. The van der Waals surface area contributed by atoms with E-state index in [9.17, 15) is 4.79 Å². The molecule has 0 unspecified atom stereocenters. The molecule has 0 aromatic carbocycles. The van der Waals surface area contributed by atoms with Gasteiger partial charge in [0.15, 0.2) is 6.29 Å². The molecule has 0 amide bonds. The Morgan fingerprint density at radius 2 is 2.56 bits per heavy atom. The predicted octanol–water partition coefficient (Wildman–Crippen LogP) is 1.00. The zero-order valence-electron chi connectivity index (χ0n) is 5.09. The van der Waals surface area contributed by atoms with Crippen molar-refractivity contribution in [2.24, 2.45) is 0 Å². The number of aldehydes is 1. The van der Waals surface area contributed by atoms with E-state index in [0.29, 0.717) is 5.56 Å². The normalized spacial score (nSPS) is 9.00. The van der Waals surface area contributed by atoms with Gasteiger partial charge in [0.2, 0.25) is 0 Å². The van der Waals surface area contributed by atoms with Crippen molar-refractivity contribution in [2.45, 2.75) is 6.92 Å². The average molecular weight is 120 g/mol. The van der Waals surface area contributed by atoms with Gasteiger partial charge in [-0.15, -0.1) is 0 Å². The van der Waals surface area contributed by atoms with Crippen LogP contribution in [-0.4, -0.2) is 11.3 Å². The van der Waals surface area contributed by atoms with Crippen molar-refractivity contribution in [1.82, 2.24) is 4.98 Å². The Morgan fingerprint density at radius 1 is 1.78 bits per heavy atom. The van der Waals surface area contributed by atoms with Crippen molar-refractivity contribution in [1.29, 1.82) is 0 Å². The second-order valence-electron chi connectivity index (χ2n) is 1.82. The summed E-state index contributed by atoms with van der Waals surface area (Å²) < 4.78 is 0. The molecule has 0 atom stereocenters. The van der Waals surface area contributed by atoms with Gasteiger partial charge in [-0.1, -0.05) is 0 Å². The van der Waals surface area contributed by atoms with Crippen molar-refractivity contribution >= 4 is 6.29 Å². The summed E-state index contributed by atoms with van der Waals surface area (Å²) in [4.78, 5) is 13.8. The summed E-state index contributed by atoms with van der Waals surface area (Å²) in [7, 11) is 0. The minimum absolute atomic E-state index is 0.603. The lowest BCUT2D eigenvalue weighted by Crippen LogP contribution is -1.83. The third-order valence-electron chi connectivity index (χ3n) is 0.974. The molecule has 0 saturated heterocycles. The largest absolute Gasteiger partial charge is 0.298 e. The van der Waals surface area contributed by atoms with Gasteiger partial charge >= 0.3 is 0 Å². The van der Waals surface area contributed by atoms with Gasteiger partial charge < -0.3 is 0 Å². The van der Waals surface area contributed by atoms with Gasteiger partial charge in [-0.3, -0.25) is 9.78 Å². The number of nitrogens with zero attached hydrogens (tertiary/aromatic N) is 1. The van der Waals surface area contributed by atoms with Crippen LogP contribution >= 0.6 is 0 Å². The standard InChI is InChI=1S/C7H6NO/c1-6-2-7(5-9)4-8-3-6/h2,4-5H,1H3. The van der Waals surface area contributed by atoms with Gasteiger partial charge in [-0.25, -0.2) is 0 Å². The van der Waals surface area contributed by atoms with Gasteiger partial charge in [0.1, 0.15) is 0 Å². The third-order valence-corrected chi connectivity index (χ3v) is 0.974.